The molecule has 7 nitrogen and oxygen atoms in total. The summed E-state index contributed by atoms with van der Waals surface area (Å²) in [6.45, 7) is 0. The average molecular weight is 298 g/mol. The second kappa shape index (κ2) is 7.01. The van der Waals surface area contributed by atoms with Gasteiger partial charge in [0, 0.05) is 16.2 Å². The van der Waals surface area contributed by atoms with Crippen LogP contribution in [0.25, 0.3) is 10.4 Å². The van der Waals surface area contributed by atoms with Crippen molar-refractivity contribution >= 4 is 17.3 Å². The Morgan fingerprint density at radius 1 is 1.14 bits per heavy atom. The molecule has 0 unspecified atom stereocenters. The summed E-state index contributed by atoms with van der Waals surface area (Å²) in [6.07, 6.45) is 0. The molecule has 0 heterocycles. The van der Waals surface area contributed by atoms with Gasteiger partial charge in [-0.2, -0.15) is 0 Å². The van der Waals surface area contributed by atoms with Crippen molar-refractivity contribution in [3.8, 4) is 11.5 Å². The van der Waals surface area contributed by atoms with E-state index in [0.717, 1.165) is 0 Å². The summed E-state index contributed by atoms with van der Waals surface area (Å²) in [7, 11) is 3.03. The minimum absolute atomic E-state index is 0.280. The van der Waals surface area contributed by atoms with Gasteiger partial charge in [0.25, 0.3) is 5.91 Å². The standard InChI is InChI=1S/C15H14N4O3/c1-21-12-6-3-10(4-7-12)15(20)17-13-8-5-11(18-19-16)9-14(13)22-2/h3-9H,1-2H3,(H,17,20). The second-order valence-electron chi connectivity index (χ2n) is 4.26. The van der Waals surface area contributed by atoms with Crippen molar-refractivity contribution in [3.05, 3.63) is 58.5 Å². The second-order valence-corrected chi connectivity index (χ2v) is 4.26. The molecule has 0 saturated carbocycles. The number of nitrogens with one attached hydrogen (secondary N) is 1. The molecule has 1 N–H and O–H groups in total. The maximum atomic E-state index is 12.2. The molecule has 22 heavy (non-hydrogen) atoms. The van der Waals surface area contributed by atoms with Crippen molar-refractivity contribution < 1.29 is 14.3 Å². The van der Waals surface area contributed by atoms with Crippen LogP contribution in [0.1, 0.15) is 10.4 Å². The van der Waals surface area contributed by atoms with Crippen LogP contribution in [0.2, 0.25) is 0 Å². The first-order chi connectivity index (χ1) is 10.7. The van der Waals surface area contributed by atoms with Gasteiger partial charge in [0.1, 0.15) is 11.5 Å². The Hall–Kier alpha value is -3.18. The number of anilines is 1. The predicted octanol–water partition coefficient (Wildman–Crippen LogP) is 3.90. The number of ether oxygens (including phenoxy) is 2. The Labute approximate surface area is 127 Å². The lowest BCUT2D eigenvalue weighted by atomic mass is 10.2. The number of benzene rings is 2. The molecule has 0 spiro atoms. The fraction of sp³-hybridized carbons (Fsp3) is 0.133. The normalized spacial score (nSPS) is 9.55. The van der Waals surface area contributed by atoms with E-state index in [0.29, 0.717) is 28.4 Å². The predicted molar refractivity (Wildman–Crippen MR) is 82.7 cm³/mol. The molecular weight excluding hydrogens is 284 g/mol. The van der Waals surface area contributed by atoms with Crippen LogP contribution >= 0.6 is 0 Å². The highest BCUT2D eigenvalue weighted by Crippen LogP contribution is 2.29. The van der Waals surface area contributed by atoms with E-state index in [1.165, 1.54) is 7.11 Å². The summed E-state index contributed by atoms with van der Waals surface area (Å²) in [5, 5.41) is 6.23. The number of methoxy groups -OCH3 is 2. The fourth-order valence-corrected chi connectivity index (χ4v) is 1.83. The zero-order chi connectivity index (χ0) is 15.9. The van der Waals surface area contributed by atoms with Gasteiger partial charge in [0.05, 0.1) is 19.9 Å². The Morgan fingerprint density at radius 3 is 2.45 bits per heavy atom. The summed E-state index contributed by atoms with van der Waals surface area (Å²) in [5.41, 5.74) is 9.81. The van der Waals surface area contributed by atoms with Gasteiger partial charge in [-0.25, -0.2) is 0 Å². The fourth-order valence-electron chi connectivity index (χ4n) is 1.83. The molecular formula is C15H14N4O3. The van der Waals surface area contributed by atoms with E-state index in [2.05, 4.69) is 15.3 Å². The van der Waals surface area contributed by atoms with Gasteiger partial charge < -0.3 is 14.8 Å². The van der Waals surface area contributed by atoms with Crippen LogP contribution in [0.4, 0.5) is 11.4 Å². The van der Waals surface area contributed by atoms with Crippen molar-refractivity contribution in [2.45, 2.75) is 0 Å². The molecule has 2 aromatic carbocycles. The highest BCUT2D eigenvalue weighted by molar-refractivity contribution is 6.05. The summed E-state index contributed by atoms with van der Waals surface area (Å²) in [4.78, 5) is 14.9. The van der Waals surface area contributed by atoms with Crippen LogP contribution in [0.15, 0.2) is 47.6 Å². The lowest BCUT2D eigenvalue weighted by Gasteiger charge is -2.11. The van der Waals surface area contributed by atoms with E-state index in [9.17, 15) is 4.79 Å². The Morgan fingerprint density at radius 2 is 1.86 bits per heavy atom. The highest BCUT2D eigenvalue weighted by atomic mass is 16.5. The van der Waals surface area contributed by atoms with Gasteiger partial charge in [0.2, 0.25) is 0 Å². The minimum Gasteiger partial charge on any atom is -0.497 e. The molecule has 2 rings (SSSR count). The molecule has 0 atom stereocenters. The molecule has 112 valence electrons. The summed E-state index contributed by atoms with van der Waals surface area (Å²) in [5.74, 6) is 0.803. The number of carbonyl (C=O) groups excluding carboxylic acids is 1. The molecule has 0 aliphatic carbocycles. The van der Waals surface area contributed by atoms with E-state index >= 15 is 0 Å². The monoisotopic (exact) mass is 298 g/mol. The number of nitrogens with zero attached hydrogens (tertiary/aromatic N) is 3. The minimum atomic E-state index is -0.280. The van der Waals surface area contributed by atoms with E-state index in [4.69, 9.17) is 15.0 Å². The summed E-state index contributed by atoms with van der Waals surface area (Å²) < 4.78 is 10.2. The Bertz CT molecular complexity index is 722. The summed E-state index contributed by atoms with van der Waals surface area (Å²) in [6, 6.07) is 11.5. The van der Waals surface area contributed by atoms with Gasteiger partial charge in [-0.1, -0.05) is 11.2 Å². The Kier molecular flexibility index (Phi) is 4.85. The van der Waals surface area contributed by atoms with E-state index < -0.39 is 0 Å². The first kappa shape index (κ1) is 15.2. The van der Waals surface area contributed by atoms with E-state index in [1.807, 2.05) is 0 Å². The topological polar surface area (TPSA) is 96.3 Å². The van der Waals surface area contributed by atoms with Crippen molar-refractivity contribution in [1.29, 1.82) is 0 Å². The molecule has 1 amide bonds. The maximum Gasteiger partial charge on any atom is 0.255 e. The van der Waals surface area contributed by atoms with Crippen LogP contribution < -0.4 is 14.8 Å². The number of amides is 1. The zero-order valence-corrected chi connectivity index (χ0v) is 12.1. The van der Waals surface area contributed by atoms with Crippen LogP contribution in [0.3, 0.4) is 0 Å². The summed E-state index contributed by atoms with van der Waals surface area (Å²) >= 11 is 0. The first-order valence-corrected chi connectivity index (χ1v) is 6.36. The van der Waals surface area contributed by atoms with Gasteiger partial charge in [-0.05, 0) is 41.9 Å². The zero-order valence-electron chi connectivity index (χ0n) is 12.1. The number of hydrogen-bond acceptors (Lipinski definition) is 4. The first-order valence-electron chi connectivity index (χ1n) is 6.36. The number of carbonyl (C=O) groups is 1. The van der Waals surface area contributed by atoms with Gasteiger partial charge >= 0.3 is 0 Å². The largest absolute Gasteiger partial charge is 0.497 e. The number of azide groups is 1. The van der Waals surface area contributed by atoms with Crippen molar-refractivity contribution in [2.75, 3.05) is 19.5 Å². The third kappa shape index (κ3) is 3.47. The molecule has 7 heteroatoms. The molecule has 0 aromatic heterocycles. The van der Waals surface area contributed by atoms with Gasteiger partial charge in [-0.3, -0.25) is 4.79 Å². The van der Waals surface area contributed by atoms with Gasteiger partial charge in [-0.15, -0.1) is 0 Å². The Balaban J connectivity index is 2.21. The third-order valence-electron chi connectivity index (χ3n) is 2.95. The van der Waals surface area contributed by atoms with Crippen molar-refractivity contribution in [1.82, 2.24) is 0 Å². The van der Waals surface area contributed by atoms with Crippen molar-refractivity contribution in [2.24, 2.45) is 5.11 Å². The van der Waals surface area contributed by atoms with Crippen LogP contribution in [-0.4, -0.2) is 20.1 Å². The van der Waals surface area contributed by atoms with Crippen LogP contribution in [0.5, 0.6) is 11.5 Å². The van der Waals surface area contributed by atoms with E-state index in [1.54, 1.807) is 49.6 Å². The smallest absolute Gasteiger partial charge is 0.255 e. The molecule has 0 saturated heterocycles. The lowest BCUT2D eigenvalue weighted by Crippen LogP contribution is -2.12. The SMILES string of the molecule is COc1ccc(C(=O)Nc2ccc(N=[N+]=[N-])cc2OC)cc1. The van der Waals surface area contributed by atoms with Crippen LogP contribution in [-0.2, 0) is 0 Å². The van der Waals surface area contributed by atoms with Crippen LogP contribution in [0, 0.1) is 0 Å². The van der Waals surface area contributed by atoms with Crippen molar-refractivity contribution in [3.63, 3.8) is 0 Å². The maximum absolute atomic E-state index is 12.2. The number of rotatable bonds is 5. The lowest BCUT2D eigenvalue weighted by molar-refractivity contribution is 0.102. The molecule has 0 bridgehead atoms. The molecule has 0 aliphatic rings. The molecule has 0 aliphatic heterocycles. The van der Waals surface area contributed by atoms with Gasteiger partial charge in [0.15, 0.2) is 0 Å². The number of hydrogen-bond donors (Lipinski definition) is 1. The highest BCUT2D eigenvalue weighted by Gasteiger charge is 2.10. The van der Waals surface area contributed by atoms with E-state index in [-0.39, 0.29) is 5.91 Å². The molecule has 0 radical (unpaired) electrons. The third-order valence-corrected chi connectivity index (χ3v) is 2.95. The quantitative estimate of drug-likeness (QED) is 0.515. The average Bonchev–Trinajstić information content (AvgIpc) is 2.56. The molecule has 2 aromatic rings. The molecule has 0 fully saturated rings.